The molecule has 2 heterocycles. The van der Waals surface area contributed by atoms with Crippen LogP contribution < -0.4 is 4.74 Å². The molecule has 0 aliphatic carbocycles. The average molecular weight is 314 g/mol. The summed E-state index contributed by atoms with van der Waals surface area (Å²) in [6.07, 6.45) is 5.01. The highest BCUT2D eigenvalue weighted by molar-refractivity contribution is 5.78. The molecule has 122 valence electrons. The van der Waals surface area contributed by atoms with Crippen LogP contribution in [-0.2, 0) is 11.2 Å². The Morgan fingerprint density at radius 3 is 2.70 bits per heavy atom. The van der Waals surface area contributed by atoms with Crippen molar-refractivity contribution in [2.75, 3.05) is 19.7 Å². The van der Waals surface area contributed by atoms with E-state index < -0.39 is 0 Å². The molecule has 0 bridgehead atoms. The van der Waals surface area contributed by atoms with Gasteiger partial charge in [-0.05, 0) is 43.5 Å². The molecule has 0 atom stereocenters. The number of aromatic nitrogens is 1. The predicted octanol–water partition coefficient (Wildman–Crippen LogP) is 3.30. The minimum absolute atomic E-state index is 0.0965. The highest BCUT2D eigenvalue weighted by Gasteiger charge is 2.20. The molecule has 2 aromatic rings. The largest absolute Gasteiger partial charge is 0.494 e. The predicted molar refractivity (Wildman–Crippen MR) is 87.2 cm³/mol. The monoisotopic (exact) mass is 314 g/mol. The van der Waals surface area contributed by atoms with E-state index in [9.17, 15) is 4.79 Å². The lowest BCUT2D eigenvalue weighted by atomic mass is 10.2. The fourth-order valence-electron chi connectivity index (χ4n) is 2.67. The van der Waals surface area contributed by atoms with Crippen molar-refractivity contribution in [3.05, 3.63) is 36.4 Å². The van der Waals surface area contributed by atoms with Crippen molar-refractivity contribution in [1.29, 1.82) is 0 Å². The number of likely N-dealkylation sites (tertiary alicyclic amines) is 1. The first-order valence-corrected chi connectivity index (χ1v) is 8.21. The number of carbonyl (C=O) groups excluding carboxylic acids is 1. The minimum Gasteiger partial charge on any atom is -0.494 e. The highest BCUT2D eigenvalue weighted by atomic mass is 16.5. The summed E-state index contributed by atoms with van der Waals surface area (Å²) < 4.78 is 11.0. The van der Waals surface area contributed by atoms with Crippen LogP contribution in [0.15, 0.2) is 34.9 Å². The van der Waals surface area contributed by atoms with Gasteiger partial charge in [-0.3, -0.25) is 4.79 Å². The molecule has 1 aliphatic heterocycles. The van der Waals surface area contributed by atoms with Crippen LogP contribution >= 0.6 is 0 Å². The van der Waals surface area contributed by atoms with E-state index in [2.05, 4.69) is 11.9 Å². The van der Waals surface area contributed by atoms with E-state index in [0.717, 1.165) is 49.4 Å². The number of hydrogen-bond acceptors (Lipinski definition) is 4. The number of ether oxygens (including phenoxy) is 1. The third kappa shape index (κ3) is 3.92. The van der Waals surface area contributed by atoms with Crippen LogP contribution in [0.1, 0.15) is 32.1 Å². The fourth-order valence-corrected chi connectivity index (χ4v) is 2.67. The number of carbonyl (C=O) groups is 1. The Morgan fingerprint density at radius 2 is 2.00 bits per heavy atom. The van der Waals surface area contributed by atoms with Crippen molar-refractivity contribution in [2.24, 2.45) is 0 Å². The fraction of sp³-hybridized carbons (Fsp3) is 0.444. The van der Waals surface area contributed by atoms with Crippen LogP contribution in [0, 0.1) is 0 Å². The Hall–Kier alpha value is -2.30. The quantitative estimate of drug-likeness (QED) is 0.821. The molecule has 0 unspecified atom stereocenters. The molecule has 0 spiro atoms. The van der Waals surface area contributed by atoms with E-state index in [1.807, 2.05) is 29.2 Å². The number of rotatable bonds is 6. The molecule has 3 rings (SSSR count). The van der Waals surface area contributed by atoms with Crippen LogP contribution in [0.25, 0.3) is 11.3 Å². The van der Waals surface area contributed by atoms with Crippen molar-refractivity contribution in [2.45, 2.75) is 32.6 Å². The van der Waals surface area contributed by atoms with Crippen molar-refractivity contribution in [3.8, 4) is 17.0 Å². The summed E-state index contributed by atoms with van der Waals surface area (Å²) in [5.41, 5.74) is 1.70. The van der Waals surface area contributed by atoms with Gasteiger partial charge in [0.05, 0.1) is 6.61 Å². The van der Waals surface area contributed by atoms with Gasteiger partial charge in [0.2, 0.25) is 11.8 Å². The lowest BCUT2D eigenvalue weighted by Gasteiger charge is -2.13. The van der Waals surface area contributed by atoms with E-state index >= 15 is 0 Å². The molecule has 0 N–H and O–H groups in total. The maximum absolute atomic E-state index is 12.1. The van der Waals surface area contributed by atoms with Gasteiger partial charge in [-0.2, -0.15) is 0 Å². The topological polar surface area (TPSA) is 55.6 Å². The van der Waals surface area contributed by atoms with Gasteiger partial charge in [0.15, 0.2) is 0 Å². The molecule has 1 amide bonds. The number of benzene rings is 1. The van der Waals surface area contributed by atoms with E-state index in [1.54, 1.807) is 6.26 Å². The van der Waals surface area contributed by atoms with Crippen LogP contribution in [-0.4, -0.2) is 35.5 Å². The zero-order valence-electron chi connectivity index (χ0n) is 13.5. The minimum atomic E-state index is 0.0965. The lowest BCUT2D eigenvalue weighted by Crippen LogP contribution is -2.29. The first-order valence-electron chi connectivity index (χ1n) is 8.21. The SMILES string of the molecule is CCCOc1ccc(-c2coc(CC(=O)N3CCCC3)n2)cc1. The second-order valence-electron chi connectivity index (χ2n) is 5.76. The first kappa shape index (κ1) is 15.6. The second kappa shape index (κ2) is 7.31. The number of amides is 1. The average Bonchev–Trinajstić information content (AvgIpc) is 3.25. The lowest BCUT2D eigenvalue weighted by molar-refractivity contribution is -0.129. The molecule has 23 heavy (non-hydrogen) atoms. The Labute approximate surface area is 136 Å². The molecule has 0 radical (unpaired) electrons. The van der Waals surface area contributed by atoms with E-state index in [1.165, 1.54) is 0 Å². The van der Waals surface area contributed by atoms with E-state index in [4.69, 9.17) is 9.15 Å². The molecule has 1 aromatic heterocycles. The normalized spacial score (nSPS) is 14.2. The second-order valence-corrected chi connectivity index (χ2v) is 5.76. The van der Waals surface area contributed by atoms with Gasteiger partial charge >= 0.3 is 0 Å². The Balaban J connectivity index is 1.63. The summed E-state index contributed by atoms with van der Waals surface area (Å²) in [6, 6.07) is 7.76. The molecule has 1 saturated heterocycles. The van der Waals surface area contributed by atoms with Gasteiger partial charge in [0.1, 0.15) is 24.1 Å². The van der Waals surface area contributed by atoms with Crippen molar-refractivity contribution in [3.63, 3.8) is 0 Å². The van der Waals surface area contributed by atoms with Gasteiger partial charge in [0.25, 0.3) is 0 Å². The molecule has 0 saturated carbocycles. The van der Waals surface area contributed by atoms with Gasteiger partial charge in [-0.1, -0.05) is 6.92 Å². The maximum atomic E-state index is 12.1. The summed E-state index contributed by atoms with van der Waals surface area (Å²) in [5.74, 6) is 1.42. The van der Waals surface area contributed by atoms with Gasteiger partial charge < -0.3 is 14.1 Å². The van der Waals surface area contributed by atoms with Gasteiger partial charge in [-0.15, -0.1) is 0 Å². The molecular weight excluding hydrogens is 292 g/mol. The third-order valence-electron chi connectivity index (χ3n) is 3.94. The molecule has 5 nitrogen and oxygen atoms in total. The smallest absolute Gasteiger partial charge is 0.231 e. The number of nitrogens with zero attached hydrogens (tertiary/aromatic N) is 2. The first-order chi connectivity index (χ1) is 11.3. The summed E-state index contributed by atoms with van der Waals surface area (Å²) >= 11 is 0. The van der Waals surface area contributed by atoms with Crippen LogP contribution in [0.3, 0.4) is 0 Å². The number of oxazole rings is 1. The maximum Gasteiger partial charge on any atom is 0.231 e. The van der Waals surface area contributed by atoms with Gasteiger partial charge in [-0.25, -0.2) is 4.98 Å². The number of hydrogen-bond donors (Lipinski definition) is 0. The van der Waals surface area contributed by atoms with Crippen LogP contribution in [0.2, 0.25) is 0 Å². The Bertz CT molecular complexity index is 643. The van der Waals surface area contributed by atoms with Crippen LogP contribution in [0.5, 0.6) is 5.75 Å². The molecular formula is C18H22N2O3. The standard InChI is InChI=1S/C18H22N2O3/c1-2-11-22-15-7-5-14(6-8-15)16-13-23-17(19-16)12-18(21)20-9-3-4-10-20/h5-8,13H,2-4,9-12H2,1H3. The highest BCUT2D eigenvalue weighted by Crippen LogP contribution is 2.22. The molecule has 1 fully saturated rings. The Kier molecular flexibility index (Phi) is 4.95. The summed E-state index contributed by atoms with van der Waals surface area (Å²) in [6.45, 7) is 4.50. The van der Waals surface area contributed by atoms with Crippen molar-refractivity contribution < 1.29 is 13.9 Å². The molecule has 5 heteroatoms. The zero-order valence-corrected chi connectivity index (χ0v) is 13.5. The molecule has 1 aliphatic rings. The summed E-state index contributed by atoms with van der Waals surface area (Å²) in [7, 11) is 0. The van der Waals surface area contributed by atoms with Crippen LogP contribution in [0.4, 0.5) is 0 Å². The van der Waals surface area contributed by atoms with E-state index in [-0.39, 0.29) is 12.3 Å². The zero-order chi connectivity index (χ0) is 16.1. The third-order valence-corrected chi connectivity index (χ3v) is 3.94. The molecule has 1 aromatic carbocycles. The van der Waals surface area contributed by atoms with Crippen molar-refractivity contribution in [1.82, 2.24) is 9.88 Å². The summed E-state index contributed by atoms with van der Waals surface area (Å²) in [4.78, 5) is 18.4. The Morgan fingerprint density at radius 1 is 1.26 bits per heavy atom. The van der Waals surface area contributed by atoms with Crippen molar-refractivity contribution >= 4 is 5.91 Å². The summed E-state index contributed by atoms with van der Waals surface area (Å²) in [5, 5.41) is 0. The van der Waals surface area contributed by atoms with Gasteiger partial charge in [0, 0.05) is 18.7 Å². The van der Waals surface area contributed by atoms with E-state index in [0.29, 0.717) is 12.5 Å².